The van der Waals surface area contributed by atoms with Crippen LogP contribution in [0.4, 0.5) is 0 Å². The Balaban J connectivity index is 2.50. The molecule has 1 atom stereocenters. The molecule has 0 aliphatic heterocycles. The second-order valence-corrected chi connectivity index (χ2v) is 3.38. The molecule has 1 unspecified atom stereocenters. The second-order valence-electron chi connectivity index (χ2n) is 3.38. The van der Waals surface area contributed by atoms with Crippen LogP contribution in [-0.4, -0.2) is 7.09 Å². The summed E-state index contributed by atoms with van der Waals surface area (Å²) in [4.78, 5) is 0. The Morgan fingerprint density at radius 1 is 1.14 bits per heavy atom. The van der Waals surface area contributed by atoms with E-state index in [9.17, 15) is 0 Å². The molecule has 14 heavy (non-hydrogen) atoms. The highest BCUT2D eigenvalue weighted by Crippen LogP contribution is 2.25. The molecule has 0 aliphatic carbocycles. The van der Waals surface area contributed by atoms with Crippen molar-refractivity contribution in [2.75, 3.05) is 7.09 Å². The molecule has 2 rings (SSSR count). The third kappa shape index (κ3) is 1.51. The van der Waals surface area contributed by atoms with Gasteiger partial charge in [-0.25, -0.2) is 0 Å². The number of methoxy groups -OCH3 is 1. The summed E-state index contributed by atoms with van der Waals surface area (Å²) in [5.41, 5.74) is 1.15. The van der Waals surface area contributed by atoms with E-state index in [1.807, 2.05) is 25.1 Å². The van der Waals surface area contributed by atoms with Crippen LogP contribution in [0.1, 0.15) is 20.0 Å². The predicted octanol–water partition coefficient (Wildman–Crippen LogP) is 3.55. The zero-order valence-electron chi connectivity index (χ0n) is 9.23. The molecule has 2 aromatic rings. The molecule has 0 heterocycles. The lowest BCUT2D eigenvalue weighted by Gasteiger charge is -2.12. The predicted molar refractivity (Wildman–Crippen MR) is 59.4 cm³/mol. The third-order valence-electron chi connectivity index (χ3n) is 2.51. The van der Waals surface area contributed by atoms with Gasteiger partial charge < -0.3 is 4.74 Å². The number of hydrogen-bond acceptors (Lipinski definition) is 1. The van der Waals surface area contributed by atoms with Gasteiger partial charge in [0.25, 0.3) is 0 Å². The minimum atomic E-state index is -0.0198. The fraction of sp³-hybridized carbons (Fsp3) is 0.231. The highest BCUT2D eigenvalue weighted by Gasteiger charge is 2.06. The van der Waals surface area contributed by atoms with E-state index in [4.69, 9.17) is 6.11 Å². The van der Waals surface area contributed by atoms with Crippen LogP contribution in [0.3, 0.4) is 0 Å². The van der Waals surface area contributed by atoms with Crippen LogP contribution in [0.15, 0.2) is 42.5 Å². The first-order valence-electron chi connectivity index (χ1n) is 5.42. The van der Waals surface area contributed by atoms with E-state index in [-0.39, 0.29) is 13.2 Å². The summed E-state index contributed by atoms with van der Waals surface area (Å²) >= 11 is 0. The number of benzene rings is 2. The van der Waals surface area contributed by atoms with Crippen molar-refractivity contribution in [1.82, 2.24) is 0 Å². The highest BCUT2D eigenvalue weighted by molar-refractivity contribution is 5.85. The number of hydrogen-bond donors (Lipinski definition) is 0. The monoisotopic (exact) mass is 187 g/mol. The standard InChI is InChI=1S/C13H14O/c1-10(14-2)12-9-5-7-11-6-3-4-8-13(11)12/h3-10H,1-2H3/i2D. The van der Waals surface area contributed by atoms with Crippen LogP contribution in [0.5, 0.6) is 0 Å². The van der Waals surface area contributed by atoms with Gasteiger partial charge >= 0.3 is 0 Å². The lowest BCUT2D eigenvalue weighted by atomic mass is 10.0. The molecule has 0 aliphatic rings. The smallest absolute Gasteiger partial charge is 0.0799 e. The molecule has 0 N–H and O–H groups in total. The van der Waals surface area contributed by atoms with Crippen LogP contribution in [0.2, 0.25) is 0 Å². The molecule has 0 fully saturated rings. The first-order valence-corrected chi connectivity index (χ1v) is 4.71. The van der Waals surface area contributed by atoms with Crippen molar-refractivity contribution >= 4 is 10.8 Å². The van der Waals surface area contributed by atoms with Crippen molar-refractivity contribution in [2.24, 2.45) is 0 Å². The lowest BCUT2D eigenvalue weighted by molar-refractivity contribution is 0.121. The topological polar surface area (TPSA) is 9.23 Å². The fourth-order valence-corrected chi connectivity index (χ4v) is 1.69. The summed E-state index contributed by atoms with van der Waals surface area (Å²) in [5.74, 6) is 0. The van der Waals surface area contributed by atoms with Gasteiger partial charge in [-0.2, -0.15) is 0 Å². The Morgan fingerprint density at radius 3 is 2.79 bits per heavy atom. The number of fused-ring (bicyclic) bond motifs is 1. The Bertz CT molecular complexity index is 448. The van der Waals surface area contributed by atoms with E-state index >= 15 is 0 Å². The third-order valence-corrected chi connectivity index (χ3v) is 2.51. The van der Waals surface area contributed by atoms with Gasteiger partial charge in [0.2, 0.25) is 0 Å². The Labute approximate surface area is 85.7 Å². The van der Waals surface area contributed by atoms with Crippen molar-refractivity contribution in [3.05, 3.63) is 48.0 Å². The number of ether oxygens (including phenoxy) is 1. The molecular formula is C13H14O. The van der Waals surface area contributed by atoms with E-state index in [0.717, 1.165) is 5.56 Å². The summed E-state index contributed by atoms with van der Waals surface area (Å²) in [5, 5.41) is 2.43. The van der Waals surface area contributed by atoms with Crippen LogP contribution >= 0.6 is 0 Å². The van der Waals surface area contributed by atoms with E-state index in [1.54, 1.807) is 0 Å². The van der Waals surface area contributed by atoms with Crippen molar-refractivity contribution in [3.63, 3.8) is 0 Å². The average Bonchev–Trinajstić information content (AvgIpc) is 2.28. The van der Waals surface area contributed by atoms with Gasteiger partial charge in [-0.3, -0.25) is 0 Å². The summed E-state index contributed by atoms with van der Waals surface area (Å²) in [6, 6.07) is 14.4. The maximum atomic E-state index is 7.07. The van der Waals surface area contributed by atoms with E-state index in [2.05, 4.69) is 24.3 Å². The van der Waals surface area contributed by atoms with E-state index < -0.39 is 0 Å². The molecule has 0 aromatic heterocycles. The molecular weight excluding hydrogens is 172 g/mol. The Kier molecular flexibility index (Phi) is 2.18. The van der Waals surface area contributed by atoms with Crippen LogP contribution in [0.25, 0.3) is 10.8 Å². The molecule has 0 radical (unpaired) electrons. The highest BCUT2D eigenvalue weighted by atomic mass is 16.5. The van der Waals surface area contributed by atoms with Gasteiger partial charge in [0, 0.05) is 7.09 Å². The van der Waals surface area contributed by atoms with Gasteiger partial charge in [-0.1, -0.05) is 42.5 Å². The van der Waals surface area contributed by atoms with E-state index in [0.29, 0.717) is 0 Å². The van der Waals surface area contributed by atoms with Crippen molar-refractivity contribution in [2.45, 2.75) is 13.0 Å². The van der Waals surface area contributed by atoms with Crippen LogP contribution in [-0.2, 0) is 4.74 Å². The largest absolute Gasteiger partial charge is 0.377 e. The Morgan fingerprint density at radius 2 is 1.93 bits per heavy atom. The van der Waals surface area contributed by atoms with Gasteiger partial charge in [-0.05, 0) is 23.3 Å². The number of rotatable bonds is 2. The van der Waals surface area contributed by atoms with Gasteiger partial charge in [0.1, 0.15) is 0 Å². The summed E-state index contributed by atoms with van der Waals surface area (Å²) < 4.78 is 12.4. The second kappa shape index (κ2) is 3.81. The molecule has 2 aromatic carbocycles. The molecule has 0 amide bonds. The average molecular weight is 187 g/mol. The maximum Gasteiger partial charge on any atom is 0.0799 e. The molecule has 1 nitrogen and oxygen atoms in total. The Hall–Kier alpha value is -1.34. The molecule has 0 saturated heterocycles. The summed E-state index contributed by atoms with van der Waals surface area (Å²) in [6.07, 6.45) is -0.0198. The minimum Gasteiger partial charge on any atom is -0.377 e. The lowest BCUT2D eigenvalue weighted by Crippen LogP contribution is -1.96. The van der Waals surface area contributed by atoms with Gasteiger partial charge in [0.15, 0.2) is 0 Å². The molecule has 1 heteroatoms. The first kappa shape index (κ1) is 8.01. The van der Waals surface area contributed by atoms with E-state index in [1.165, 1.54) is 10.8 Å². The minimum absolute atomic E-state index is 0.00435. The molecule has 72 valence electrons. The SMILES string of the molecule is [2H]COC(C)c1cccc2ccccc12. The normalized spacial score (nSPS) is 13.9. The van der Waals surface area contributed by atoms with Crippen molar-refractivity contribution in [3.8, 4) is 0 Å². The van der Waals surface area contributed by atoms with Crippen LogP contribution < -0.4 is 0 Å². The molecule has 0 spiro atoms. The van der Waals surface area contributed by atoms with Gasteiger partial charge in [-0.15, -0.1) is 0 Å². The van der Waals surface area contributed by atoms with Crippen molar-refractivity contribution in [1.29, 1.82) is 0 Å². The fourth-order valence-electron chi connectivity index (χ4n) is 1.69. The summed E-state index contributed by atoms with van der Waals surface area (Å²) in [6.45, 7) is 1.98. The molecule has 0 bridgehead atoms. The zero-order valence-corrected chi connectivity index (χ0v) is 8.23. The molecule has 0 saturated carbocycles. The quantitative estimate of drug-likeness (QED) is 0.698. The van der Waals surface area contributed by atoms with Crippen LogP contribution in [0, 0.1) is 0 Å². The maximum absolute atomic E-state index is 7.07. The first-order chi connectivity index (χ1) is 7.33. The van der Waals surface area contributed by atoms with Gasteiger partial charge in [0.05, 0.1) is 7.47 Å². The van der Waals surface area contributed by atoms with Crippen molar-refractivity contribution < 1.29 is 6.11 Å². The zero-order chi connectivity index (χ0) is 10.7. The summed E-state index contributed by atoms with van der Waals surface area (Å²) in [7, 11) is 0.00435.